The summed E-state index contributed by atoms with van der Waals surface area (Å²) in [6.07, 6.45) is 2.16. The largest absolute Gasteiger partial charge is 0.314 e. The molecule has 0 fully saturated rings. The molecule has 0 spiro atoms. The van der Waals surface area contributed by atoms with Crippen LogP contribution >= 0.6 is 0 Å². The molecule has 96 valence electrons. The van der Waals surface area contributed by atoms with Crippen LogP contribution in [0.4, 0.5) is 4.39 Å². The molecule has 0 saturated heterocycles. The minimum absolute atomic E-state index is 0.146. The van der Waals surface area contributed by atoms with E-state index in [-0.39, 0.29) is 5.82 Å². The molecule has 0 heterocycles. The Balaban J connectivity index is 2.40. The summed E-state index contributed by atoms with van der Waals surface area (Å²) in [5.74, 6) is 0.552. The molecule has 0 saturated carbocycles. The smallest absolute Gasteiger partial charge is 0.123 e. The Labute approximate surface area is 104 Å². The van der Waals surface area contributed by atoms with Crippen LogP contribution in [0.2, 0.25) is 0 Å². The summed E-state index contributed by atoms with van der Waals surface area (Å²) in [5, 5.41) is 3.53. The quantitative estimate of drug-likeness (QED) is 0.795. The number of nitrogens with one attached hydrogen (secondary N) is 1. The second-order valence-corrected chi connectivity index (χ2v) is 4.95. The van der Waals surface area contributed by atoms with E-state index in [4.69, 9.17) is 0 Å². The molecule has 17 heavy (non-hydrogen) atoms. The summed E-state index contributed by atoms with van der Waals surface area (Å²) >= 11 is 0. The van der Waals surface area contributed by atoms with Gasteiger partial charge >= 0.3 is 0 Å². The standard InChI is InChI=1S/C15H24FN/c1-5-11(2)13(4)17-9-8-14-6-7-15(16)10-12(14)3/h6-7,10-11,13,17H,5,8-9H2,1-4H3. The number of hydrogen-bond acceptors (Lipinski definition) is 1. The zero-order chi connectivity index (χ0) is 12.8. The number of rotatable bonds is 6. The van der Waals surface area contributed by atoms with Crippen molar-refractivity contribution < 1.29 is 4.39 Å². The molecule has 0 aliphatic carbocycles. The van der Waals surface area contributed by atoms with E-state index < -0.39 is 0 Å². The molecule has 0 radical (unpaired) electrons. The maximum atomic E-state index is 12.9. The summed E-state index contributed by atoms with van der Waals surface area (Å²) in [6.45, 7) is 9.63. The average Bonchev–Trinajstić information content (AvgIpc) is 2.30. The minimum atomic E-state index is -0.146. The fourth-order valence-corrected chi connectivity index (χ4v) is 1.93. The number of benzene rings is 1. The predicted octanol–water partition coefficient (Wildman–Crippen LogP) is 3.70. The average molecular weight is 237 g/mol. The van der Waals surface area contributed by atoms with Crippen molar-refractivity contribution >= 4 is 0 Å². The van der Waals surface area contributed by atoms with Crippen LogP contribution < -0.4 is 5.32 Å². The molecule has 2 heteroatoms. The van der Waals surface area contributed by atoms with Crippen LogP contribution in [0, 0.1) is 18.7 Å². The van der Waals surface area contributed by atoms with Gasteiger partial charge in [-0.1, -0.05) is 26.3 Å². The van der Waals surface area contributed by atoms with Crippen molar-refractivity contribution in [3.05, 3.63) is 35.1 Å². The lowest BCUT2D eigenvalue weighted by atomic mass is 10.0. The third-order valence-corrected chi connectivity index (χ3v) is 3.66. The van der Waals surface area contributed by atoms with Gasteiger partial charge in [0.25, 0.3) is 0 Å². The summed E-state index contributed by atoms with van der Waals surface area (Å²) in [4.78, 5) is 0. The molecule has 0 aromatic heterocycles. The fourth-order valence-electron chi connectivity index (χ4n) is 1.93. The molecular weight excluding hydrogens is 213 g/mol. The maximum Gasteiger partial charge on any atom is 0.123 e. The van der Waals surface area contributed by atoms with E-state index in [1.54, 1.807) is 12.1 Å². The van der Waals surface area contributed by atoms with Gasteiger partial charge < -0.3 is 5.32 Å². The Morgan fingerprint density at radius 3 is 2.59 bits per heavy atom. The van der Waals surface area contributed by atoms with Gasteiger partial charge in [0.1, 0.15) is 5.82 Å². The number of halogens is 1. The maximum absolute atomic E-state index is 12.9. The number of aryl methyl sites for hydroxylation is 1. The van der Waals surface area contributed by atoms with Gasteiger partial charge in [0.2, 0.25) is 0 Å². The van der Waals surface area contributed by atoms with Crippen molar-refractivity contribution in [2.75, 3.05) is 6.54 Å². The Morgan fingerprint density at radius 1 is 1.29 bits per heavy atom. The second kappa shape index (κ2) is 6.75. The van der Waals surface area contributed by atoms with Crippen molar-refractivity contribution in [3.63, 3.8) is 0 Å². The van der Waals surface area contributed by atoms with Gasteiger partial charge in [-0.3, -0.25) is 0 Å². The first-order chi connectivity index (χ1) is 8.04. The second-order valence-electron chi connectivity index (χ2n) is 4.95. The molecule has 1 N–H and O–H groups in total. The SMILES string of the molecule is CCC(C)C(C)NCCc1ccc(F)cc1C. The summed E-state index contributed by atoms with van der Waals surface area (Å²) < 4.78 is 12.9. The van der Waals surface area contributed by atoms with Gasteiger partial charge in [-0.25, -0.2) is 4.39 Å². The van der Waals surface area contributed by atoms with E-state index in [1.165, 1.54) is 12.0 Å². The Bertz CT molecular complexity index is 349. The molecular formula is C15H24FN. The molecule has 0 amide bonds. The number of hydrogen-bond donors (Lipinski definition) is 1. The van der Waals surface area contributed by atoms with Gasteiger partial charge in [0.05, 0.1) is 0 Å². The molecule has 1 nitrogen and oxygen atoms in total. The lowest BCUT2D eigenvalue weighted by Gasteiger charge is -2.20. The first-order valence-electron chi connectivity index (χ1n) is 6.53. The third-order valence-electron chi connectivity index (χ3n) is 3.66. The molecule has 0 aliphatic rings. The first-order valence-corrected chi connectivity index (χ1v) is 6.53. The highest BCUT2D eigenvalue weighted by atomic mass is 19.1. The molecule has 1 aromatic rings. The van der Waals surface area contributed by atoms with Crippen molar-refractivity contribution in [3.8, 4) is 0 Å². The van der Waals surface area contributed by atoms with Crippen LogP contribution in [0.1, 0.15) is 38.3 Å². The Morgan fingerprint density at radius 2 is 2.00 bits per heavy atom. The molecule has 0 bridgehead atoms. The van der Waals surface area contributed by atoms with E-state index in [0.29, 0.717) is 12.0 Å². The highest BCUT2D eigenvalue weighted by Gasteiger charge is 2.09. The van der Waals surface area contributed by atoms with Crippen LogP contribution in [-0.2, 0) is 6.42 Å². The molecule has 1 rings (SSSR count). The highest BCUT2D eigenvalue weighted by Crippen LogP contribution is 2.11. The fraction of sp³-hybridized carbons (Fsp3) is 0.600. The monoisotopic (exact) mass is 237 g/mol. The van der Waals surface area contributed by atoms with Gasteiger partial charge in [-0.15, -0.1) is 0 Å². The Hall–Kier alpha value is -0.890. The summed E-state index contributed by atoms with van der Waals surface area (Å²) in [7, 11) is 0. The van der Waals surface area contributed by atoms with Crippen LogP contribution in [-0.4, -0.2) is 12.6 Å². The summed E-state index contributed by atoms with van der Waals surface area (Å²) in [5.41, 5.74) is 2.28. The normalized spacial score (nSPS) is 14.6. The highest BCUT2D eigenvalue weighted by molar-refractivity contribution is 5.26. The van der Waals surface area contributed by atoms with E-state index in [1.807, 2.05) is 13.0 Å². The van der Waals surface area contributed by atoms with Crippen LogP contribution in [0.5, 0.6) is 0 Å². The van der Waals surface area contributed by atoms with E-state index in [0.717, 1.165) is 18.5 Å². The first kappa shape index (κ1) is 14.2. The zero-order valence-electron chi connectivity index (χ0n) is 11.4. The zero-order valence-corrected chi connectivity index (χ0v) is 11.4. The molecule has 0 aliphatic heterocycles. The predicted molar refractivity (Wildman–Crippen MR) is 71.8 cm³/mol. The van der Waals surface area contributed by atoms with Crippen LogP contribution in [0.25, 0.3) is 0 Å². The van der Waals surface area contributed by atoms with Gasteiger partial charge in [-0.05, 0) is 56.0 Å². The van der Waals surface area contributed by atoms with Crippen molar-refractivity contribution in [2.45, 2.75) is 46.6 Å². The van der Waals surface area contributed by atoms with E-state index >= 15 is 0 Å². The van der Waals surface area contributed by atoms with E-state index in [9.17, 15) is 4.39 Å². The van der Waals surface area contributed by atoms with Crippen molar-refractivity contribution in [1.82, 2.24) is 5.32 Å². The lowest BCUT2D eigenvalue weighted by molar-refractivity contribution is 0.393. The molecule has 2 atom stereocenters. The molecule has 2 unspecified atom stereocenters. The topological polar surface area (TPSA) is 12.0 Å². The third kappa shape index (κ3) is 4.47. The van der Waals surface area contributed by atoms with Crippen molar-refractivity contribution in [1.29, 1.82) is 0 Å². The van der Waals surface area contributed by atoms with E-state index in [2.05, 4.69) is 26.1 Å². The summed E-state index contributed by atoms with van der Waals surface area (Å²) in [6, 6.07) is 5.58. The van der Waals surface area contributed by atoms with Gasteiger partial charge in [0.15, 0.2) is 0 Å². The van der Waals surface area contributed by atoms with Gasteiger partial charge in [0, 0.05) is 6.04 Å². The van der Waals surface area contributed by atoms with Crippen LogP contribution in [0.3, 0.4) is 0 Å². The Kier molecular flexibility index (Phi) is 5.63. The molecule has 1 aromatic carbocycles. The lowest BCUT2D eigenvalue weighted by Crippen LogP contribution is -2.33. The minimum Gasteiger partial charge on any atom is -0.314 e. The van der Waals surface area contributed by atoms with Crippen LogP contribution in [0.15, 0.2) is 18.2 Å². The van der Waals surface area contributed by atoms with Gasteiger partial charge in [-0.2, -0.15) is 0 Å². The van der Waals surface area contributed by atoms with Crippen molar-refractivity contribution in [2.24, 2.45) is 5.92 Å².